The number of anilines is 2. The number of hydrogen-bond acceptors (Lipinski definition) is 7. The molecule has 3 aromatic carbocycles. The van der Waals surface area contributed by atoms with Crippen molar-refractivity contribution in [2.24, 2.45) is 5.10 Å². The molecule has 38 heavy (non-hydrogen) atoms. The second-order valence-corrected chi connectivity index (χ2v) is 9.64. The van der Waals surface area contributed by atoms with Gasteiger partial charge in [-0.1, -0.05) is 48.5 Å². The summed E-state index contributed by atoms with van der Waals surface area (Å²) in [6.45, 7) is 4.71. The highest BCUT2D eigenvalue weighted by Crippen LogP contribution is 2.25. The number of nitrogens with one attached hydrogen (secondary N) is 2. The fraction of sp³-hybridized carbons (Fsp3) is 0.276. The third-order valence-corrected chi connectivity index (χ3v) is 7.24. The second kappa shape index (κ2) is 10.7. The van der Waals surface area contributed by atoms with Crippen LogP contribution in [0.25, 0.3) is 0 Å². The molecule has 0 spiro atoms. The largest absolute Gasteiger partial charge is 0.378 e. The summed E-state index contributed by atoms with van der Waals surface area (Å²) in [5.74, 6) is -0.198. The lowest BCUT2D eigenvalue weighted by atomic mass is 10.0. The minimum atomic E-state index is -0.684. The van der Waals surface area contributed by atoms with Crippen LogP contribution in [0, 0.1) is 0 Å². The first kappa shape index (κ1) is 24.3. The van der Waals surface area contributed by atoms with E-state index in [0.29, 0.717) is 36.1 Å². The maximum absolute atomic E-state index is 13.5. The number of hydrogen-bond donors (Lipinski definition) is 2. The Kier molecular flexibility index (Phi) is 6.87. The van der Waals surface area contributed by atoms with Gasteiger partial charge in [0.15, 0.2) is 6.04 Å². The van der Waals surface area contributed by atoms with Crippen molar-refractivity contribution in [1.29, 1.82) is 0 Å². The Balaban J connectivity index is 1.16. The molecule has 2 saturated heterocycles. The Morgan fingerprint density at radius 2 is 1.50 bits per heavy atom. The first-order valence-electron chi connectivity index (χ1n) is 12.9. The Hall–Kier alpha value is -4.05. The molecule has 2 amide bonds. The van der Waals surface area contributed by atoms with Gasteiger partial charge in [0.1, 0.15) is 0 Å². The summed E-state index contributed by atoms with van der Waals surface area (Å²) in [7, 11) is 0. The summed E-state index contributed by atoms with van der Waals surface area (Å²) in [5, 5.41) is 6.10. The maximum Gasteiger partial charge on any atom is 0.272 e. The number of benzene rings is 3. The van der Waals surface area contributed by atoms with Crippen molar-refractivity contribution in [2.45, 2.75) is 12.1 Å². The normalized spacial score (nSPS) is 20.3. The van der Waals surface area contributed by atoms with Crippen molar-refractivity contribution in [3.8, 4) is 0 Å². The van der Waals surface area contributed by atoms with Gasteiger partial charge in [0.2, 0.25) is 0 Å². The smallest absolute Gasteiger partial charge is 0.272 e. The summed E-state index contributed by atoms with van der Waals surface area (Å²) in [4.78, 5) is 30.9. The van der Waals surface area contributed by atoms with E-state index in [9.17, 15) is 9.59 Å². The van der Waals surface area contributed by atoms with Gasteiger partial charge >= 0.3 is 0 Å². The predicted octanol–water partition coefficient (Wildman–Crippen LogP) is 2.58. The monoisotopic (exact) mass is 510 g/mol. The average Bonchev–Trinajstić information content (AvgIpc) is 3.28. The quantitative estimate of drug-likeness (QED) is 0.475. The standard InChI is InChI=1S/C29H30N6O3/c36-28(34-17-15-33(16-18-34)25-19-38-20-25)22-11-13-24(14-12-22)35-29(37)27(31-30-23-9-5-2-6-10-23)26(32-35)21-7-3-1-4-8-21/h1-14,25,27,30-31H,15-20H2. The molecule has 0 saturated carbocycles. The highest BCUT2D eigenvalue weighted by molar-refractivity contribution is 6.24. The van der Waals surface area contributed by atoms with E-state index in [1.54, 1.807) is 24.3 Å². The van der Waals surface area contributed by atoms with Crippen LogP contribution < -0.4 is 15.9 Å². The number of rotatable bonds is 7. The molecule has 3 aromatic rings. The SMILES string of the molecule is O=C(c1ccc(N2N=C(c3ccccc3)C(NNc3ccccc3)C2=O)cc1)N1CCN(C2COC2)CC1. The number of amides is 2. The third-order valence-electron chi connectivity index (χ3n) is 7.24. The zero-order valence-corrected chi connectivity index (χ0v) is 21.0. The zero-order chi connectivity index (χ0) is 25.9. The van der Waals surface area contributed by atoms with E-state index in [4.69, 9.17) is 9.84 Å². The lowest BCUT2D eigenvalue weighted by Crippen LogP contribution is -2.57. The molecule has 194 valence electrons. The number of hydrazine groups is 1. The summed E-state index contributed by atoms with van der Waals surface area (Å²) in [5.41, 5.74) is 9.81. The van der Waals surface area contributed by atoms with E-state index < -0.39 is 6.04 Å². The molecule has 3 aliphatic rings. The molecular weight excluding hydrogens is 480 g/mol. The van der Waals surface area contributed by atoms with Crippen molar-refractivity contribution >= 4 is 28.9 Å². The van der Waals surface area contributed by atoms with Crippen LogP contribution in [0.1, 0.15) is 15.9 Å². The number of ether oxygens (including phenoxy) is 1. The van der Waals surface area contributed by atoms with Gasteiger partial charge in [0.25, 0.3) is 11.8 Å². The van der Waals surface area contributed by atoms with Crippen molar-refractivity contribution in [2.75, 3.05) is 49.8 Å². The van der Waals surface area contributed by atoms with E-state index in [2.05, 4.69) is 15.8 Å². The van der Waals surface area contributed by atoms with Crippen LogP contribution in [-0.4, -0.2) is 78.8 Å². The molecule has 0 radical (unpaired) electrons. The first-order valence-corrected chi connectivity index (χ1v) is 12.9. The average molecular weight is 511 g/mol. The highest BCUT2D eigenvalue weighted by Gasteiger charge is 2.37. The van der Waals surface area contributed by atoms with Gasteiger partial charge in [0.05, 0.1) is 30.7 Å². The maximum atomic E-state index is 13.5. The molecule has 1 atom stereocenters. The highest BCUT2D eigenvalue weighted by atomic mass is 16.5. The lowest BCUT2D eigenvalue weighted by Gasteiger charge is -2.42. The van der Waals surface area contributed by atoms with Crippen LogP contribution in [0.4, 0.5) is 11.4 Å². The summed E-state index contributed by atoms with van der Waals surface area (Å²) in [6.07, 6.45) is 0. The van der Waals surface area contributed by atoms with Crippen LogP contribution in [0.3, 0.4) is 0 Å². The van der Waals surface area contributed by atoms with Gasteiger partial charge in [-0.05, 0) is 36.4 Å². The second-order valence-electron chi connectivity index (χ2n) is 9.64. The number of piperazine rings is 1. The topological polar surface area (TPSA) is 89.5 Å². The van der Waals surface area contributed by atoms with Gasteiger partial charge in [0, 0.05) is 43.0 Å². The third kappa shape index (κ3) is 4.91. The molecule has 3 heterocycles. The van der Waals surface area contributed by atoms with Crippen molar-refractivity contribution in [3.63, 3.8) is 0 Å². The fourth-order valence-corrected chi connectivity index (χ4v) is 4.93. The van der Waals surface area contributed by atoms with Crippen molar-refractivity contribution in [3.05, 3.63) is 96.1 Å². The van der Waals surface area contributed by atoms with Crippen molar-refractivity contribution in [1.82, 2.24) is 15.2 Å². The predicted molar refractivity (Wildman–Crippen MR) is 146 cm³/mol. The molecule has 2 N–H and O–H groups in total. The van der Waals surface area contributed by atoms with Crippen LogP contribution >= 0.6 is 0 Å². The van der Waals surface area contributed by atoms with Gasteiger partial charge in [-0.15, -0.1) is 0 Å². The number of carbonyl (C=O) groups excluding carboxylic acids is 2. The summed E-state index contributed by atoms with van der Waals surface area (Å²) >= 11 is 0. The number of carbonyl (C=O) groups is 2. The van der Waals surface area contributed by atoms with E-state index in [1.807, 2.05) is 65.6 Å². The van der Waals surface area contributed by atoms with Gasteiger partial charge in [-0.2, -0.15) is 10.1 Å². The van der Waals surface area contributed by atoms with Gasteiger partial charge in [-0.3, -0.25) is 14.5 Å². The summed E-state index contributed by atoms with van der Waals surface area (Å²) < 4.78 is 5.30. The molecular formula is C29H30N6O3. The Morgan fingerprint density at radius 3 is 2.13 bits per heavy atom. The number of hydrazone groups is 1. The molecule has 9 nitrogen and oxygen atoms in total. The Bertz CT molecular complexity index is 1300. The lowest BCUT2D eigenvalue weighted by molar-refractivity contribution is -0.118. The van der Waals surface area contributed by atoms with Crippen molar-refractivity contribution < 1.29 is 14.3 Å². The van der Waals surface area contributed by atoms with E-state index in [0.717, 1.165) is 37.6 Å². The van der Waals surface area contributed by atoms with Crippen LogP contribution in [0.15, 0.2) is 90.0 Å². The van der Waals surface area contributed by atoms with E-state index in [1.165, 1.54) is 5.01 Å². The zero-order valence-electron chi connectivity index (χ0n) is 21.0. The summed E-state index contributed by atoms with van der Waals surface area (Å²) in [6, 6.07) is 26.2. The molecule has 6 rings (SSSR count). The minimum absolute atomic E-state index is 0.00823. The van der Waals surface area contributed by atoms with Crippen LogP contribution in [0.5, 0.6) is 0 Å². The van der Waals surface area contributed by atoms with E-state index >= 15 is 0 Å². The number of nitrogens with zero attached hydrogens (tertiary/aromatic N) is 4. The molecule has 0 aliphatic carbocycles. The van der Waals surface area contributed by atoms with Gasteiger partial charge in [-0.25, -0.2) is 5.43 Å². The molecule has 0 bridgehead atoms. The molecule has 0 aromatic heterocycles. The van der Waals surface area contributed by atoms with Crippen LogP contribution in [0.2, 0.25) is 0 Å². The molecule has 9 heteroatoms. The van der Waals surface area contributed by atoms with Gasteiger partial charge < -0.3 is 15.1 Å². The minimum Gasteiger partial charge on any atom is -0.378 e. The molecule has 2 fully saturated rings. The Morgan fingerprint density at radius 1 is 0.842 bits per heavy atom. The van der Waals surface area contributed by atoms with Crippen LogP contribution in [-0.2, 0) is 9.53 Å². The molecule has 3 aliphatic heterocycles. The first-order chi connectivity index (χ1) is 18.7. The number of para-hydroxylation sites is 1. The van der Waals surface area contributed by atoms with E-state index in [-0.39, 0.29) is 11.8 Å². The molecule has 1 unspecified atom stereocenters. The fourth-order valence-electron chi connectivity index (χ4n) is 4.93. The Labute approximate surface area is 221 Å².